The topological polar surface area (TPSA) is 104 Å². The van der Waals surface area contributed by atoms with Gasteiger partial charge in [0, 0.05) is 36.7 Å². The number of carbonyl (C=O) groups is 2. The standard InChI is InChI=1S/C30H42N6O2S/c1-6-9-28(37)36(27(21(4)5)17-31-30(38)24(19-39)16-20(2)3)18-22-12-14-23(15-13-22)25-10-7-8-11-26(25)29-32-34-35-33-29/h7-8,10-15,20-21,24,27,39H,6,9,16-19H2,1-5H3,(H,31,38)(H,32,33,34,35)/t24?,27-/m1/s1. The molecule has 0 aliphatic heterocycles. The van der Waals surface area contributed by atoms with Crippen molar-refractivity contribution in [3.8, 4) is 22.5 Å². The molecule has 0 bridgehead atoms. The van der Waals surface area contributed by atoms with Crippen molar-refractivity contribution < 1.29 is 9.59 Å². The summed E-state index contributed by atoms with van der Waals surface area (Å²) in [5.74, 6) is 1.62. The van der Waals surface area contributed by atoms with Gasteiger partial charge >= 0.3 is 0 Å². The highest BCUT2D eigenvalue weighted by molar-refractivity contribution is 7.80. The number of aromatic nitrogens is 4. The van der Waals surface area contributed by atoms with Gasteiger partial charge in [-0.25, -0.2) is 0 Å². The number of carbonyl (C=O) groups excluding carboxylic acids is 2. The number of benzene rings is 2. The maximum Gasteiger partial charge on any atom is 0.224 e. The summed E-state index contributed by atoms with van der Waals surface area (Å²) in [6, 6.07) is 16.1. The van der Waals surface area contributed by atoms with E-state index < -0.39 is 0 Å². The first kappa shape index (κ1) is 30.3. The fraction of sp³-hybridized carbons (Fsp3) is 0.500. The van der Waals surface area contributed by atoms with Crippen LogP contribution < -0.4 is 5.32 Å². The molecule has 2 aromatic carbocycles. The van der Waals surface area contributed by atoms with Crippen LogP contribution in [0.1, 0.15) is 59.4 Å². The number of thiol groups is 1. The van der Waals surface area contributed by atoms with Gasteiger partial charge < -0.3 is 10.2 Å². The Labute approximate surface area is 237 Å². The summed E-state index contributed by atoms with van der Waals surface area (Å²) in [6.07, 6.45) is 2.04. The highest BCUT2D eigenvalue weighted by Crippen LogP contribution is 2.30. The number of amides is 2. The van der Waals surface area contributed by atoms with Crippen LogP contribution in [0.4, 0.5) is 0 Å². The predicted octanol–water partition coefficient (Wildman–Crippen LogP) is 5.40. The van der Waals surface area contributed by atoms with Gasteiger partial charge in [0.25, 0.3) is 0 Å². The molecule has 2 atom stereocenters. The molecular formula is C30H42N6O2S. The second-order valence-corrected chi connectivity index (χ2v) is 11.2. The van der Waals surface area contributed by atoms with Crippen LogP contribution in [-0.4, -0.2) is 55.7 Å². The van der Waals surface area contributed by atoms with Crippen molar-refractivity contribution >= 4 is 24.4 Å². The normalized spacial score (nSPS) is 12.9. The molecule has 0 spiro atoms. The third-order valence-electron chi connectivity index (χ3n) is 6.92. The molecule has 0 aliphatic carbocycles. The number of H-pyrrole nitrogens is 1. The average Bonchev–Trinajstić information content (AvgIpc) is 3.46. The van der Waals surface area contributed by atoms with E-state index in [4.69, 9.17) is 0 Å². The smallest absolute Gasteiger partial charge is 0.224 e. The van der Waals surface area contributed by atoms with E-state index in [9.17, 15) is 9.59 Å². The summed E-state index contributed by atoms with van der Waals surface area (Å²) in [6.45, 7) is 11.3. The van der Waals surface area contributed by atoms with Gasteiger partial charge in [-0.1, -0.05) is 83.1 Å². The Kier molecular flexibility index (Phi) is 11.5. The number of nitrogens with zero attached hydrogens (tertiary/aromatic N) is 4. The maximum atomic E-state index is 13.3. The minimum absolute atomic E-state index is 0.0110. The van der Waals surface area contributed by atoms with Crippen molar-refractivity contribution in [2.45, 2.75) is 66.5 Å². The third kappa shape index (κ3) is 8.39. The van der Waals surface area contributed by atoms with Crippen molar-refractivity contribution in [2.24, 2.45) is 17.8 Å². The minimum Gasteiger partial charge on any atom is -0.354 e. The van der Waals surface area contributed by atoms with Gasteiger partial charge in [0.05, 0.1) is 6.04 Å². The lowest BCUT2D eigenvalue weighted by molar-refractivity contribution is -0.136. The summed E-state index contributed by atoms with van der Waals surface area (Å²) in [7, 11) is 0. The van der Waals surface area contributed by atoms with Crippen LogP contribution in [0.5, 0.6) is 0 Å². The summed E-state index contributed by atoms with van der Waals surface area (Å²) in [4.78, 5) is 28.2. The van der Waals surface area contributed by atoms with Gasteiger partial charge in [-0.3, -0.25) is 9.59 Å². The van der Waals surface area contributed by atoms with Crippen molar-refractivity contribution in [3.05, 3.63) is 54.1 Å². The molecule has 3 rings (SSSR count). The summed E-state index contributed by atoms with van der Waals surface area (Å²) >= 11 is 4.40. The van der Waals surface area contributed by atoms with Gasteiger partial charge in [0.1, 0.15) is 0 Å². The molecule has 8 nitrogen and oxygen atoms in total. The molecule has 9 heteroatoms. The number of tetrazole rings is 1. The largest absolute Gasteiger partial charge is 0.354 e. The van der Waals surface area contributed by atoms with Crippen LogP contribution in [0.3, 0.4) is 0 Å². The Morgan fingerprint density at radius 2 is 1.72 bits per heavy atom. The number of hydrogen-bond acceptors (Lipinski definition) is 6. The van der Waals surface area contributed by atoms with E-state index in [0.717, 1.165) is 35.1 Å². The van der Waals surface area contributed by atoms with Crippen molar-refractivity contribution in [3.63, 3.8) is 0 Å². The highest BCUT2D eigenvalue weighted by Gasteiger charge is 2.28. The van der Waals surface area contributed by atoms with Gasteiger partial charge in [-0.2, -0.15) is 17.8 Å². The Morgan fingerprint density at radius 1 is 1.03 bits per heavy atom. The molecule has 0 fully saturated rings. The predicted molar refractivity (Wildman–Crippen MR) is 159 cm³/mol. The molecule has 2 N–H and O–H groups in total. The lowest BCUT2D eigenvalue weighted by Crippen LogP contribution is -2.50. The zero-order valence-electron chi connectivity index (χ0n) is 23.7. The van der Waals surface area contributed by atoms with Gasteiger partial charge in [0.15, 0.2) is 0 Å². The SMILES string of the molecule is CCCC(=O)N(Cc1ccc(-c2ccccc2-c2nn[nH]n2)cc1)[C@H](CNC(=O)C(CS)CC(C)C)C(C)C. The summed E-state index contributed by atoms with van der Waals surface area (Å²) < 4.78 is 0. The number of nitrogens with one attached hydrogen (secondary N) is 2. The molecule has 3 aromatic rings. The Hall–Kier alpha value is -3.20. The maximum absolute atomic E-state index is 13.3. The Bertz CT molecular complexity index is 1180. The minimum atomic E-state index is -0.135. The zero-order chi connectivity index (χ0) is 28.4. The van der Waals surface area contributed by atoms with Gasteiger partial charge in [-0.15, -0.1) is 10.2 Å². The first-order valence-electron chi connectivity index (χ1n) is 13.8. The monoisotopic (exact) mass is 550 g/mol. The lowest BCUT2D eigenvalue weighted by Gasteiger charge is -2.35. The quantitative estimate of drug-likeness (QED) is 0.233. The van der Waals surface area contributed by atoms with E-state index in [-0.39, 0.29) is 29.7 Å². The molecule has 2 amide bonds. The van der Waals surface area contributed by atoms with Crippen LogP contribution in [-0.2, 0) is 16.1 Å². The van der Waals surface area contributed by atoms with Crippen molar-refractivity contribution in [1.29, 1.82) is 0 Å². The molecule has 1 heterocycles. The summed E-state index contributed by atoms with van der Waals surface area (Å²) in [5.41, 5.74) is 3.96. The molecule has 0 aliphatic rings. The molecule has 1 aromatic heterocycles. The molecular weight excluding hydrogens is 508 g/mol. The highest BCUT2D eigenvalue weighted by atomic mass is 32.1. The lowest BCUT2D eigenvalue weighted by atomic mass is 9.96. The number of aromatic amines is 1. The van der Waals surface area contributed by atoms with E-state index in [2.05, 4.69) is 90.5 Å². The van der Waals surface area contributed by atoms with E-state index in [1.165, 1.54) is 0 Å². The molecule has 39 heavy (non-hydrogen) atoms. The van der Waals surface area contributed by atoms with Crippen molar-refractivity contribution in [2.75, 3.05) is 12.3 Å². The fourth-order valence-corrected chi connectivity index (χ4v) is 5.14. The Morgan fingerprint density at radius 3 is 2.28 bits per heavy atom. The zero-order valence-corrected chi connectivity index (χ0v) is 24.6. The fourth-order valence-electron chi connectivity index (χ4n) is 4.83. The van der Waals surface area contributed by atoms with Crippen LogP contribution >= 0.6 is 12.6 Å². The van der Waals surface area contributed by atoms with E-state index >= 15 is 0 Å². The Balaban J connectivity index is 1.80. The number of rotatable bonds is 14. The van der Waals surface area contributed by atoms with Crippen LogP contribution in [0, 0.1) is 17.8 Å². The molecule has 0 saturated carbocycles. The first-order valence-corrected chi connectivity index (χ1v) is 14.5. The summed E-state index contributed by atoms with van der Waals surface area (Å²) in [5, 5.41) is 17.6. The third-order valence-corrected chi connectivity index (χ3v) is 7.36. The molecule has 1 unspecified atom stereocenters. The first-order chi connectivity index (χ1) is 18.7. The molecule has 210 valence electrons. The van der Waals surface area contributed by atoms with E-state index in [1.807, 2.05) is 36.1 Å². The van der Waals surface area contributed by atoms with Crippen molar-refractivity contribution in [1.82, 2.24) is 30.8 Å². The van der Waals surface area contributed by atoms with Crippen LogP contribution in [0.25, 0.3) is 22.5 Å². The average molecular weight is 551 g/mol. The van der Waals surface area contributed by atoms with E-state index in [0.29, 0.717) is 37.0 Å². The van der Waals surface area contributed by atoms with Gasteiger partial charge in [-0.05, 0) is 46.6 Å². The van der Waals surface area contributed by atoms with Crippen LogP contribution in [0.15, 0.2) is 48.5 Å². The van der Waals surface area contributed by atoms with Gasteiger partial charge in [0.2, 0.25) is 17.6 Å². The number of hydrogen-bond donors (Lipinski definition) is 3. The second kappa shape index (κ2) is 14.8. The van der Waals surface area contributed by atoms with Crippen LogP contribution in [0.2, 0.25) is 0 Å². The second-order valence-electron chi connectivity index (χ2n) is 10.8. The molecule has 0 radical (unpaired) electrons. The van der Waals surface area contributed by atoms with E-state index in [1.54, 1.807) is 0 Å². The molecule has 0 saturated heterocycles.